The number of ether oxygens (including phenoxy) is 2. The summed E-state index contributed by atoms with van der Waals surface area (Å²) in [7, 11) is 2.18. The van der Waals surface area contributed by atoms with E-state index in [1.807, 2.05) is 31.2 Å². The number of amides is 1. The van der Waals surface area contributed by atoms with Gasteiger partial charge in [0.05, 0.1) is 32.4 Å². The van der Waals surface area contributed by atoms with Gasteiger partial charge in [-0.2, -0.15) is 0 Å². The van der Waals surface area contributed by atoms with E-state index in [2.05, 4.69) is 33.1 Å². The van der Waals surface area contributed by atoms with E-state index in [0.717, 1.165) is 30.5 Å². The molecule has 0 spiro atoms. The van der Waals surface area contributed by atoms with E-state index >= 15 is 0 Å². The summed E-state index contributed by atoms with van der Waals surface area (Å²) in [6.45, 7) is 12.0. The van der Waals surface area contributed by atoms with E-state index in [0.29, 0.717) is 18.0 Å². The van der Waals surface area contributed by atoms with Gasteiger partial charge in [-0.1, -0.05) is 44.7 Å². The van der Waals surface area contributed by atoms with Gasteiger partial charge in [-0.05, 0) is 39.3 Å². The van der Waals surface area contributed by atoms with Crippen LogP contribution in [0.25, 0.3) is 0 Å². The molecule has 0 bridgehead atoms. The molecule has 1 N–H and O–H groups in total. The Hall–Kier alpha value is -1.02. The largest absolute Gasteiger partial charge is 1.00 e. The second-order valence-corrected chi connectivity index (χ2v) is 7.53. The Morgan fingerprint density at radius 2 is 1.71 bits per heavy atom. The molecule has 1 rings (SSSR count). The van der Waals surface area contributed by atoms with Crippen LogP contribution in [0.2, 0.25) is 0 Å². The minimum atomic E-state index is -0.430. The number of hydrogen-bond donors (Lipinski definition) is 1. The highest BCUT2D eigenvalue weighted by Crippen LogP contribution is 2.24. The van der Waals surface area contributed by atoms with Crippen LogP contribution >= 0.6 is 0 Å². The minimum absolute atomic E-state index is 0. The van der Waals surface area contributed by atoms with Crippen LogP contribution in [0, 0.1) is 0 Å². The number of nitrogens with one attached hydrogen (secondary N) is 1. The predicted octanol–water partition coefficient (Wildman–Crippen LogP) is 2.46. The first-order valence-corrected chi connectivity index (χ1v) is 10.5. The lowest BCUT2D eigenvalue weighted by molar-refractivity contribution is -0.908. The van der Waals surface area contributed by atoms with Crippen LogP contribution in [0.5, 0.6) is 5.75 Å². The molecule has 28 heavy (non-hydrogen) atoms. The summed E-state index contributed by atoms with van der Waals surface area (Å²) in [5, 5.41) is 2.83. The molecule has 0 fully saturated rings. The van der Waals surface area contributed by atoms with Crippen molar-refractivity contribution in [2.45, 2.75) is 65.9 Å². The molecule has 1 aromatic carbocycles. The molecule has 0 saturated heterocycles. The van der Waals surface area contributed by atoms with Gasteiger partial charge < -0.3 is 37.9 Å². The summed E-state index contributed by atoms with van der Waals surface area (Å²) in [5.41, 5.74) is 0.659. The van der Waals surface area contributed by atoms with E-state index in [1.54, 1.807) is 0 Å². The predicted molar refractivity (Wildman–Crippen MR) is 112 cm³/mol. The Morgan fingerprint density at radius 1 is 1.07 bits per heavy atom. The van der Waals surface area contributed by atoms with Gasteiger partial charge >= 0.3 is 6.09 Å². The molecule has 0 aliphatic heterocycles. The number of hydrogen-bond acceptors (Lipinski definition) is 3. The van der Waals surface area contributed by atoms with E-state index in [4.69, 9.17) is 9.47 Å². The number of benzene rings is 1. The van der Waals surface area contributed by atoms with Crippen LogP contribution in [-0.4, -0.2) is 50.0 Å². The lowest BCUT2D eigenvalue weighted by atomic mass is 10.2. The van der Waals surface area contributed by atoms with Gasteiger partial charge in [-0.15, -0.1) is 0 Å². The number of para-hydroxylation sites is 2. The first kappa shape index (κ1) is 27.0. The molecule has 0 heterocycles. The maximum absolute atomic E-state index is 12.3. The molecule has 1 aromatic rings. The molecular formula is C22H39IN2O3. The van der Waals surface area contributed by atoms with Crippen LogP contribution in [0.3, 0.4) is 0 Å². The monoisotopic (exact) mass is 506 g/mol. The van der Waals surface area contributed by atoms with Crippen molar-refractivity contribution in [1.82, 2.24) is 0 Å². The zero-order valence-electron chi connectivity index (χ0n) is 18.3. The van der Waals surface area contributed by atoms with Crippen molar-refractivity contribution in [2.24, 2.45) is 0 Å². The summed E-state index contributed by atoms with van der Waals surface area (Å²) in [6, 6.07) is 7.52. The Kier molecular flexibility index (Phi) is 14.4. The Labute approximate surface area is 188 Å². The number of rotatable bonds is 13. The summed E-state index contributed by atoms with van der Waals surface area (Å²) in [6.07, 6.45) is 5.38. The molecule has 162 valence electrons. The third-order valence-corrected chi connectivity index (χ3v) is 5.16. The van der Waals surface area contributed by atoms with Crippen molar-refractivity contribution >= 4 is 11.8 Å². The van der Waals surface area contributed by atoms with Crippen LogP contribution < -0.4 is 34.0 Å². The van der Waals surface area contributed by atoms with Crippen molar-refractivity contribution in [2.75, 3.05) is 38.6 Å². The quantitative estimate of drug-likeness (QED) is 0.254. The third kappa shape index (κ3) is 10.5. The topological polar surface area (TPSA) is 47.6 Å². The van der Waals surface area contributed by atoms with Gasteiger partial charge in [0.15, 0.2) is 0 Å². The average Bonchev–Trinajstić information content (AvgIpc) is 2.65. The van der Waals surface area contributed by atoms with Gasteiger partial charge in [0.2, 0.25) is 0 Å². The molecule has 1 atom stereocenters. The van der Waals surface area contributed by atoms with Crippen LogP contribution in [0.4, 0.5) is 10.5 Å². The van der Waals surface area contributed by atoms with Crippen LogP contribution in [0.1, 0.15) is 59.8 Å². The van der Waals surface area contributed by atoms with Crippen molar-refractivity contribution in [3.05, 3.63) is 24.3 Å². The van der Waals surface area contributed by atoms with E-state index < -0.39 is 6.09 Å². The summed E-state index contributed by atoms with van der Waals surface area (Å²) in [4.78, 5) is 12.3. The van der Waals surface area contributed by atoms with E-state index in [1.165, 1.54) is 25.7 Å². The van der Waals surface area contributed by atoms with E-state index in [9.17, 15) is 4.79 Å². The van der Waals surface area contributed by atoms with Crippen molar-refractivity contribution in [3.63, 3.8) is 0 Å². The number of nitrogens with zero attached hydrogens (tertiary/aromatic N) is 1. The molecule has 0 aliphatic carbocycles. The fraction of sp³-hybridized carbons (Fsp3) is 0.682. The highest BCUT2D eigenvalue weighted by Gasteiger charge is 2.23. The van der Waals surface area contributed by atoms with Gasteiger partial charge in [0, 0.05) is 0 Å². The molecule has 0 aliphatic rings. The summed E-state index contributed by atoms with van der Waals surface area (Å²) >= 11 is 0. The molecule has 0 radical (unpaired) electrons. The van der Waals surface area contributed by atoms with Gasteiger partial charge in [-0.25, -0.2) is 4.79 Å². The molecular weight excluding hydrogens is 467 g/mol. The van der Waals surface area contributed by atoms with E-state index in [-0.39, 0.29) is 30.1 Å². The number of carbonyl (C=O) groups excluding carboxylic acids is 1. The van der Waals surface area contributed by atoms with Crippen molar-refractivity contribution in [3.8, 4) is 5.75 Å². The van der Waals surface area contributed by atoms with Gasteiger partial charge in [-0.3, -0.25) is 5.32 Å². The Morgan fingerprint density at radius 3 is 2.36 bits per heavy atom. The fourth-order valence-electron chi connectivity index (χ4n) is 3.05. The standard InChI is InChI=1S/C22H38N2O3.HI/c1-6-9-10-11-14-17-26-21-16-13-12-15-20(21)23-22(25)27-19(4)18-24(5,7-2)8-3;/h12-13,15-16,19H,6-11,14,17-18H2,1-5H3;1H. The molecule has 6 heteroatoms. The minimum Gasteiger partial charge on any atom is -1.00 e. The third-order valence-electron chi connectivity index (χ3n) is 5.16. The first-order valence-electron chi connectivity index (χ1n) is 10.5. The molecule has 0 aromatic heterocycles. The maximum Gasteiger partial charge on any atom is 0.412 e. The molecule has 1 unspecified atom stereocenters. The van der Waals surface area contributed by atoms with Gasteiger partial charge in [0.1, 0.15) is 18.4 Å². The smallest absolute Gasteiger partial charge is 0.412 e. The Balaban J connectivity index is 0.00000729. The number of likely N-dealkylation sites (N-methyl/N-ethyl adjacent to an activating group) is 1. The number of unbranched alkanes of at least 4 members (excludes halogenated alkanes) is 4. The molecule has 1 amide bonds. The summed E-state index contributed by atoms with van der Waals surface area (Å²) < 4.78 is 12.3. The van der Waals surface area contributed by atoms with Crippen LogP contribution in [0.15, 0.2) is 24.3 Å². The lowest BCUT2D eigenvalue weighted by Gasteiger charge is -2.34. The normalized spacial score (nSPS) is 12.0. The number of carbonyl (C=O) groups is 1. The molecule has 0 saturated carbocycles. The van der Waals surface area contributed by atoms with Crippen molar-refractivity contribution < 1.29 is 42.7 Å². The zero-order valence-corrected chi connectivity index (χ0v) is 20.5. The number of anilines is 1. The number of halogens is 1. The SMILES string of the molecule is CCCCCCCOc1ccccc1NC(=O)OC(C)C[N+](C)(CC)CC.[I-]. The fourth-order valence-corrected chi connectivity index (χ4v) is 3.05. The van der Waals surface area contributed by atoms with Crippen LogP contribution in [-0.2, 0) is 4.74 Å². The first-order chi connectivity index (χ1) is 12.9. The van der Waals surface area contributed by atoms with Gasteiger partial charge in [0.25, 0.3) is 0 Å². The summed E-state index contributed by atoms with van der Waals surface area (Å²) in [5.74, 6) is 0.695. The number of quaternary nitrogens is 1. The lowest BCUT2D eigenvalue weighted by Crippen LogP contribution is -3.00. The highest BCUT2D eigenvalue weighted by molar-refractivity contribution is 5.86. The Bertz CT molecular complexity index is 550. The molecule has 5 nitrogen and oxygen atoms in total. The maximum atomic E-state index is 12.3. The van der Waals surface area contributed by atoms with Crippen molar-refractivity contribution in [1.29, 1.82) is 0 Å². The highest BCUT2D eigenvalue weighted by atomic mass is 127. The second kappa shape index (κ2) is 14.9. The second-order valence-electron chi connectivity index (χ2n) is 7.53. The average molecular weight is 506 g/mol. The zero-order chi connectivity index (χ0) is 20.1.